The van der Waals surface area contributed by atoms with Gasteiger partial charge >= 0.3 is 0 Å². The smallest absolute Gasteiger partial charge is 0.0511 e. The zero-order valence-corrected chi connectivity index (χ0v) is 12.0. The monoisotopic (exact) mass is 260 g/mol. The fourth-order valence-electron chi connectivity index (χ4n) is 2.44. The van der Waals surface area contributed by atoms with E-state index in [1.807, 2.05) is 0 Å². The van der Waals surface area contributed by atoms with Gasteiger partial charge in [0.1, 0.15) is 0 Å². The minimum atomic E-state index is 0.192. The molecule has 1 atom stereocenters. The fraction of sp³-hybridized carbons (Fsp3) is 0.333. The number of nitrogens with two attached hydrogens (primary N) is 1. The van der Waals surface area contributed by atoms with Gasteiger partial charge in [-0.1, -0.05) is 29.3 Å². The molecule has 3 N–H and O–H groups in total. The zero-order chi connectivity index (χ0) is 13.1. The van der Waals surface area contributed by atoms with Gasteiger partial charge < -0.3 is 0 Å². The standard InChI is InChI=1S/C15H20N2S/c1-10-6-11(2)8-13(7-10)9-15(17-16)14-4-5-18-12(14)3/h4-8,15,17H,9,16H2,1-3H3. The Morgan fingerprint density at radius 2 is 1.83 bits per heavy atom. The highest BCUT2D eigenvalue weighted by atomic mass is 32.1. The zero-order valence-electron chi connectivity index (χ0n) is 11.2. The third kappa shape index (κ3) is 2.99. The lowest BCUT2D eigenvalue weighted by Crippen LogP contribution is -2.29. The minimum Gasteiger partial charge on any atom is -0.271 e. The Kier molecular flexibility index (Phi) is 4.17. The average molecular weight is 260 g/mol. The number of aryl methyl sites for hydroxylation is 3. The Morgan fingerprint density at radius 1 is 1.17 bits per heavy atom. The fourth-order valence-corrected chi connectivity index (χ4v) is 3.20. The molecule has 2 aromatic rings. The summed E-state index contributed by atoms with van der Waals surface area (Å²) in [7, 11) is 0. The molecule has 0 saturated carbocycles. The third-order valence-corrected chi connectivity index (χ3v) is 4.06. The Morgan fingerprint density at radius 3 is 2.33 bits per heavy atom. The van der Waals surface area contributed by atoms with E-state index in [1.54, 1.807) is 11.3 Å². The highest BCUT2D eigenvalue weighted by molar-refractivity contribution is 7.10. The maximum Gasteiger partial charge on any atom is 0.0511 e. The summed E-state index contributed by atoms with van der Waals surface area (Å²) in [6, 6.07) is 9.02. The first kappa shape index (κ1) is 13.3. The molecular formula is C15H20N2S. The molecule has 0 aliphatic carbocycles. The van der Waals surface area contributed by atoms with Gasteiger partial charge in [-0.15, -0.1) is 11.3 Å². The van der Waals surface area contributed by atoms with Crippen molar-refractivity contribution in [2.75, 3.05) is 0 Å². The molecule has 1 unspecified atom stereocenters. The molecule has 2 nitrogen and oxygen atoms in total. The van der Waals surface area contributed by atoms with Crippen molar-refractivity contribution in [2.24, 2.45) is 5.84 Å². The molecule has 0 aliphatic heterocycles. The van der Waals surface area contributed by atoms with Crippen LogP contribution in [0.2, 0.25) is 0 Å². The summed E-state index contributed by atoms with van der Waals surface area (Å²) in [5.41, 5.74) is 8.20. The van der Waals surface area contributed by atoms with Gasteiger partial charge in [-0.25, -0.2) is 0 Å². The van der Waals surface area contributed by atoms with E-state index in [0.29, 0.717) is 0 Å². The molecule has 2 rings (SSSR count). The summed E-state index contributed by atoms with van der Waals surface area (Å²) < 4.78 is 0. The predicted molar refractivity (Wildman–Crippen MR) is 78.7 cm³/mol. The largest absolute Gasteiger partial charge is 0.271 e. The first-order chi connectivity index (χ1) is 8.60. The molecule has 96 valence electrons. The summed E-state index contributed by atoms with van der Waals surface area (Å²) in [4.78, 5) is 1.34. The molecule has 1 heterocycles. The van der Waals surface area contributed by atoms with Crippen LogP contribution in [0.5, 0.6) is 0 Å². The summed E-state index contributed by atoms with van der Waals surface area (Å²) in [6.45, 7) is 6.42. The Hall–Kier alpha value is -1.16. The lowest BCUT2D eigenvalue weighted by molar-refractivity contribution is 0.551. The van der Waals surface area contributed by atoms with Gasteiger partial charge in [-0.3, -0.25) is 11.3 Å². The van der Waals surface area contributed by atoms with Crippen LogP contribution >= 0.6 is 11.3 Å². The van der Waals surface area contributed by atoms with Crippen molar-refractivity contribution in [2.45, 2.75) is 33.2 Å². The Bertz CT molecular complexity index is 511. The Labute approximate surface area is 113 Å². The quantitative estimate of drug-likeness (QED) is 0.653. The van der Waals surface area contributed by atoms with Gasteiger partial charge in [0, 0.05) is 4.88 Å². The normalized spacial score (nSPS) is 12.7. The SMILES string of the molecule is Cc1cc(C)cc(CC(NN)c2ccsc2C)c1. The first-order valence-electron chi connectivity index (χ1n) is 6.17. The number of hydrogen-bond acceptors (Lipinski definition) is 3. The van der Waals surface area contributed by atoms with Crippen LogP contribution in [0.1, 0.15) is 33.2 Å². The number of benzene rings is 1. The lowest BCUT2D eigenvalue weighted by Gasteiger charge is -2.17. The molecule has 18 heavy (non-hydrogen) atoms. The third-order valence-electron chi connectivity index (χ3n) is 3.20. The first-order valence-corrected chi connectivity index (χ1v) is 7.05. The van der Waals surface area contributed by atoms with Crippen LogP contribution in [0.3, 0.4) is 0 Å². The van der Waals surface area contributed by atoms with E-state index < -0.39 is 0 Å². The van der Waals surface area contributed by atoms with Crippen molar-refractivity contribution >= 4 is 11.3 Å². The van der Waals surface area contributed by atoms with Crippen LogP contribution in [-0.4, -0.2) is 0 Å². The number of nitrogens with one attached hydrogen (secondary N) is 1. The second-order valence-corrected chi connectivity index (χ2v) is 5.97. The second-order valence-electron chi connectivity index (χ2n) is 4.85. The minimum absolute atomic E-state index is 0.192. The summed E-state index contributed by atoms with van der Waals surface area (Å²) >= 11 is 1.77. The molecule has 1 aromatic heterocycles. The van der Waals surface area contributed by atoms with Crippen LogP contribution in [0.25, 0.3) is 0 Å². The highest BCUT2D eigenvalue weighted by Crippen LogP contribution is 2.25. The van der Waals surface area contributed by atoms with E-state index in [0.717, 1.165) is 6.42 Å². The molecule has 0 bridgehead atoms. The molecular weight excluding hydrogens is 240 g/mol. The molecule has 0 spiro atoms. The van der Waals surface area contributed by atoms with E-state index in [4.69, 9.17) is 5.84 Å². The second kappa shape index (κ2) is 5.65. The van der Waals surface area contributed by atoms with Gasteiger partial charge in [0.05, 0.1) is 6.04 Å². The van der Waals surface area contributed by atoms with E-state index in [1.165, 1.54) is 27.1 Å². The van der Waals surface area contributed by atoms with Gasteiger partial charge in [0.25, 0.3) is 0 Å². The van der Waals surface area contributed by atoms with Crippen molar-refractivity contribution in [1.82, 2.24) is 5.43 Å². The molecule has 3 heteroatoms. The highest BCUT2D eigenvalue weighted by Gasteiger charge is 2.14. The number of hydrazine groups is 1. The molecule has 0 amide bonds. The van der Waals surface area contributed by atoms with E-state index >= 15 is 0 Å². The average Bonchev–Trinajstić information content (AvgIpc) is 2.71. The van der Waals surface area contributed by atoms with Crippen molar-refractivity contribution in [1.29, 1.82) is 0 Å². The van der Waals surface area contributed by atoms with Crippen LogP contribution in [-0.2, 0) is 6.42 Å². The Balaban J connectivity index is 2.23. The van der Waals surface area contributed by atoms with Crippen molar-refractivity contribution in [3.8, 4) is 0 Å². The van der Waals surface area contributed by atoms with Crippen molar-refractivity contribution in [3.05, 3.63) is 56.8 Å². The topological polar surface area (TPSA) is 38.0 Å². The van der Waals surface area contributed by atoms with Crippen LogP contribution < -0.4 is 11.3 Å². The van der Waals surface area contributed by atoms with E-state index in [2.05, 4.69) is 55.8 Å². The number of hydrogen-bond donors (Lipinski definition) is 2. The van der Waals surface area contributed by atoms with Crippen molar-refractivity contribution in [3.63, 3.8) is 0 Å². The predicted octanol–water partition coefficient (Wildman–Crippen LogP) is 3.42. The number of rotatable bonds is 4. The molecule has 1 aromatic carbocycles. The van der Waals surface area contributed by atoms with Gasteiger partial charge in [0.2, 0.25) is 0 Å². The molecule has 0 radical (unpaired) electrons. The maximum absolute atomic E-state index is 5.71. The van der Waals surface area contributed by atoms with Gasteiger partial charge in [0.15, 0.2) is 0 Å². The van der Waals surface area contributed by atoms with Crippen LogP contribution in [0.4, 0.5) is 0 Å². The van der Waals surface area contributed by atoms with Gasteiger partial charge in [-0.2, -0.15) is 0 Å². The van der Waals surface area contributed by atoms with Crippen LogP contribution in [0.15, 0.2) is 29.6 Å². The summed E-state index contributed by atoms with van der Waals surface area (Å²) in [5, 5.41) is 2.12. The summed E-state index contributed by atoms with van der Waals surface area (Å²) in [6.07, 6.45) is 0.927. The van der Waals surface area contributed by atoms with E-state index in [-0.39, 0.29) is 6.04 Å². The maximum atomic E-state index is 5.71. The molecule has 0 aliphatic rings. The lowest BCUT2D eigenvalue weighted by atomic mass is 9.97. The summed E-state index contributed by atoms with van der Waals surface area (Å²) in [5.74, 6) is 5.71. The number of thiophene rings is 1. The molecule has 0 fully saturated rings. The van der Waals surface area contributed by atoms with Gasteiger partial charge in [-0.05, 0) is 49.8 Å². The van der Waals surface area contributed by atoms with E-state index in [9.17, 15) is 0 Å². The molecule has 0 saturated heterocycles. The van der Waals surface area contributed by atoms with Crippen molar-refractivity contribution < 1.29 is 0 Å². The van der Waals surface area contributed by atoms with Crippen LogP contribution in [0, 0.1) is 20.8 Å².